The molecule has 0 spiro atoms. The Balaban J connectivity index is 1.26. The highest BCUT2D eigenvalue weighted by Crippen LogP contribution is 2.56. The van der Waals surface area contributed by atoms with E-state index < -0.39 is 0 Å². The molecule has 0 aromatic heterocycles. The first-order valence-electron chi connectivity index (χ1n) is 28.1. The number of hydrogen-bond donors (Lipinski definition) is 0. The van der Waals surface area contributed by atoms with Gasteiger partial charge in [0.25, 0.3) is 6.71 Å². The topological polar surface area (TPSA) is 6.48 Å². The Kier molecular flexibility index (Phi) is 10.4. The zero-order valence-electron chi connectivity index (χ0n) is 48.3. The minimum atomic E-state index is -0.185. The van der Waals surface area contributed by atoms with Crippen molar-refractivity contribution in [2.45, 2.75) is 188 Å². The number of fused-ring (bicyclic) bond motifs is 9. The molecular weight excluding hydrogens is 892 g/mol. The van der Waals surface area contributed by atoms with E-state index >= 15 is 0 Å². The normalized spacial score (nSPS) is 18.9. The van der Waals surface area contributed by atoms with Crippen LogP contribution in [0.4, 0.5) is 34.1 Å². The summed E-state index contributed by atoms with van der Waals surface area (Å²) >= 11 is 0. The van der Waals surface area contributed by atoms with Gasteiger partial charge in [0.1, 0.15) is 0 Å². The lowest BCUT2D eigenvalue weighted by Gasteiger charge is -2.48. The average Bonchev–Trinajstić information content (AvgIpc) is 3.55. The minimum absolute atomic E-state index is 0.00845. The highest BCUT2D eigenvalue weighted by atomic mass is 15.2. The molecule has 0 fully saturated rings. The highest BCUT2D eigenvalue weighted by molar-refractivity contribution is 7.00. The van der Waals surface area contributed by atoms with Gasteiger partial charge in [-0.05, 0) is 203 Å². The Morgan fingerprint density at radius 3 is 1.38 bits per heavy atom. The van der Waals surface area contributed by atoms with E-state index in [1.54, 1.807) is 0 Å². The quantitative estimate of drug-likeness (QED) is 0.163. The van der Waals surface area contributed by atoms with Crippen molar-refractivity contribution in [3.63, 3.8) is 0 Å². The lowest BCUT2D eigenvalue weighted by Crippen LogP contribution is -2.62. The number of benzene rings is 7. The van der Waals surface area contributed by atoms with E-state index in [0.717, 1.165) is 6.42 Å². The summed E-state index contributed by atoms with van der Waals surface area (Å²) < 4.78 is 0. The molecule has 12 rings (SSSR count). The second kappa shape index (κ2) is 15.6. The van der Waals surface area contributed by atoms with Gasteiger partial charge in [0, 0.05) is 39.5 Å². The minimum Gasteiger partial charge on any atom is -0.311 e. The van der Waals surface area contributed by atoms with Gasteiger partial charge in [-0.15, -0.1) is 0 Å². The molecule has 0 saturated heterocycles. The van der Waals surface area contributed by atoms with Crippen LogP contribution in [-0.4, -0.2) is 6.71 Å². The standard InChI is InChI=1S/C71H81BN2/c1-42-32-46(65(3,4)5)25-27-58(42)73-61-41-55-53(68(11,12)29-31-70(55,15)16)39-57(61)72-56-38-51-49(48-36-47(66(6,7)8)24-26-50(48)71(51,17)18)37-60(56)74(63-35-45(34-62(73)64(63)72)44-22-20-19-21-23-44)59-40-54-52(33-43(59)2)67(9,10)28-30-69(54,13)14/h19-27,32-41H,28-31H2,1-18H3. The fraction of sp³-hybridized carbons (Fsp3) is 0.408. The summed E-state index contributed by atoms with van der Waals surface area (Å²) in [6.07, 6.45) is 4.69. The zero-order valence-corrected chi connectivity index (χ0v) is 48.3. The van der Waals surface area contributed by atoms with Gasteiger partial charge in [-0.3, -0.25) is 0 Å². The second-order valence-electron chi connectivity index (χ2n) is 28.9. The summed E-state index contributed by atoms with van der Waals surface area (Å²) in [5, 5.41) is 0. The molecular formula is C71H81BN2. The van der Waals surface area contributed by atoms with Gasteiger partial charge < -0.3 is 9.80 Å². The van der Waals surface area contributed by atoms with E-state index in [1.165, 1.54) is 148 Å². The molecule has 3 heteroatoms. The zero-order chi connectivity index (χ0) is 52.8. The van der Waals surface area contributed by atoms with Gasteiger partial charge in [0.2, 0.25) is 0 Å². The lowest BCUT2D eigenvalue weighted by atomic mass is 9.32. The lowest BCUT2D eigenvalue weighted by molar-refractivity contribution is 0.332. The molecule has 0 radical (unpaired) electrons. The number of nitrogens with zero attached hydrogens (tertiary/aromatic N) is 2. The van der Waals surface area contributed by atoms with Crippen LogP contribution in [0, 0.1) is 13.8 Å². The van der Waals surface area contributed by atoms with E-state index in [1.807, 2.05) is 0 Å². The fourth-order valence-electron chi connectivity index (χ4n) is 14.4. The summed E-state index contributed by atoms with van der Waals surface area (Å²) in [6.45, 7) is 43.7. The molecule has 0 atom stereocenters. The van der Waals surface area contributed by atoms with Crippen molar-refractivity contribution in [1.82, 2.24) is 0 Å². The Morgan fingerprint density at radius 1 is 0.378 bits per heavy atom. The third kappa shape index (κ3) is 7.17. The molecule has 5 aliphatic rings. The van der Waals surface area contributed by atoms with Gasteiger partial charge in [-0.25, -0.2) is 0 Å². The molecule has 2 heterocycles. The maximum absolute atomic E-state index is 2.76. The largest absolute Gasteiger partial charge is 0.311 e. The monoisotopic (exact) mass is 973 g/mol. The molecule has 7 aromatic carbocycles. The van der Waals surface area contributed by atoms with Crippen LogP contribution >= 0.6 is 0 Å². The number of anilines is 6. The van der Waals surface area contributed by atoms with E-state index in [0.29, 0.717) is 0 Å². The predicted octanol–water partition coefficient (Wildman–Crippen LogP) is 17.7. The summed E-state index contributed by atoms with van der Waals surface area (Å²) in [5.41, 5.74) is 31.5. The van der Waals surface area contributed by atoms with Crippen molar-refractivity contribution < 1.29 is 0 Å². The van der Waals surface area contributed by atoms with Crippen molar-refractivity contribution in [3.05, 3.63) is 171 Å². The molecule has 74 heavy (non-hydrogen) atoms. The van der Waals surface area contributed by atoms with Crippen molar-refractivity contribution in [3.8, 4) is 22.3 Å². The van der Waals surface area contributed by atoms with E-state index in [4.69, 9.17) is 0 Å². The molecule has 0 amide bonds. The molecule has 7 aromatic rings. The van der Waals surface area contributed by atoms with E-state index in [2.05, 4.69) is 250 Å². The molecule has 2 aliphatic heterocycles. The van der Waals surface area contributed by atoms with Gasteiger partial charge in [0.05, 0.1) is 0 Å². The van der Waals surface area contributed by atoms with Crippen LogP contribution in [0.1, 0.15) is 192 Å². The Labute approximate surface area is 446 Å². The Hall–Kier alpha value is -5.80. The summed E-state index contributed by atoms with van der Waals surface area (Å²) in [7, 11) is 0. The maximum atomic E-state index is 2.76. The van der Waals surface area contributed by atoms with Crippen LogP contribution in [0.2, 0.25) is 0 Å². The molecule has 2 nitrogen and oxygen atoms in total. The predicted molar refractivity (Wildman–Crippen MR) is 321 cm³/mol. The first kappa shape index (κ1) is 49.1. The summed E-state index contributed by atoms with van der Waals surface area (Å²) in [4.78, 5) is 5.47. The smallest absolute Gasteiger partial charge is 0.252 e. The van der Waals surface area contributed by atoms with Gasteiger partial charge in [0.15, 0.2) is 0 Å². The van der Waals surface area contributed by atoms with Crippen LogP contribution in [0.25, 0.3) is 22.3 Å². The van der Waals surface area contributed by atoms with Crippen LogP contribution in [0.5, 0.6) is 0 Å². The first-order valence-corrected chi connectivity index (χ1v) is 28.1. The SMILES string of the molecule is Cc1cc(C(C)(C)C)ccc1N1c2cc3c(cc2B2c4cc5c(cc4N(c4cc6c(cc4C)C(C)(C)CCC6(C)C)c4cc(-c6ccccc6)cc1c42)-c1cc(C(C)(C)C)ccc1C5(C)C)C(C)(C)CCC3(C)C. The van der Waals surface area contributed by atoms with E-state index in [-0.39, 0.29) is 44.6 Å². The third-order valence-electron chi connectivity index (χ3n) is 19.5. The molecule has 3 aliphatic carbocycles. The maximum Gasteiger partial charge on any atom is 0.252 e. The van der Waals surface area contributed by atoms with Crippen molar-refractivity contribution in [1.29, 1.82) is 0 Å². The van der Waals surface area contributed by atoms with Crippen LogP contribution in [-0.2, 0) is 37.9 Å². The molecule has 0 unspecified atom stereocenters. The number of rotatable bonds is 3. The molecule has 0 N–H and O–H groups in total. The van der Waals surface area contributed by atoms with Crippen LogP contribution in [0.15, 0.2) is 115 Å². The average molecular weight is 973 g/mol. The molecule has 378 valence electrons. The molecule has 0 bridgehead atoms. The van der Waals surface area contributed by atoms with Crippen molar-refractivity contribution >= 4 is 57.2 Å². The fourth-order valence-corrected chi connectivity index (χ4v) is 14.4. The summed E-state index contributed by atoms with van der Waals surface area (Å²) in [6, 6.07) is 47.0. The summed E-state index contributed by atoms with van der Waals surface area (Å²) in [5.74, 6) is 0. The van der Waals surface area contributed by atoms with Gasteiger partial charge in [-0.1, -0.05) is 190 Å². The van der Waals surface area contributed by atoms with Gasteiger partial charge >= 0.3 is 0 Å². The number of aryl methyl sites for hydroxylation is 2. The Bertz CT molecular complexity index is 3530. The number of hydrogen-bond acceptors (Lipinski definition) is 2. The van der Waals surface area contributed by atoms with Gasteiger partial charge in [-0.2, -0.15) is 0 Å². The molecule has 0 saturated carbocycles. The third-order valence-corrected chi connectivity index (χ3v) is 19.5. The first-order chi connectivity index (χ1) is 34.5. The second-order valence-corrected chi connectivity index (χ2v) is 28.9. The van der Waals surface area contributed by atoms with Crippen molar-refractivity contribution in [2.75, 3.05) is 9.80 Å². The highest BCUT2D eigenvalue weighted by Gasteiger charge is 2.49. The van der Waals surface area contributed by atoms with E-state index in [9.17, 15) is 0 Å². The van der Waals surface area contributed by atoms with Crippen LogP contribution < -0.4 is 26.2 Å². The van der Waals surface area contributed by atoms with Crippen molar-refractivity contribution in [2.24, 2.45) is 0 Å². The Morgan fingerprint density at radius 2 is 0.824 bits per heavy atom. The van der Waals surface area contributed by atoms with Crippen LogP contribution in [0.3, 0.4) is 0 Å².